The molecule has 0 saturated carbocycles. The molecule has 1 aromatic rings. The van der Waals surface area contributed by atoms with Crippen LogP contribution < -0.4 is 10.2 Å². The van der Waals surface area contributed by atoms with E-state index in [4.69, 9.17) is 4.74 Å². The van der Waals surface area contributed by atoms with E-state index >= 15 is 0 Å². The number of hydrogen-bond donors (Lipinski definition) is 1. The van der Waals surface area contributed by atoms with E-state index in [9.17, 15) is 0 Å². The van der Waals surface area contributed by atoms with Gasteiger partial charge in [-0.3, -0.25) is 0 Å². The lowest BCUT2D eigenvalue weighted by Crippen LogP contribution is -2.33. The summed E-state index contributed by atoms with van der Waals surface area (Å²) in [6.45, 7) is 7.09. The van der Waals surface area contributed by atoms with E-state index in [2.05, 4.69) is 34.3 Å². The van der Waals surface area contributed by atoms with Crippen molar-refractivity contribution in [2.75, 3.05) is 38.3 Å². The second kappa shape index (κ2) is 7.46. The van der Waals surface area contributed by atoms with Crippen LogP contribution in [0.4, 0.5) is 5.82 Å². The van der Waals surface area contributed by atoms with Crippen molar-refractivity contribution in [1.29, 1.82) is 0 Å². The molecule has 4 nitrogen and oxygen atoms in total. The number of aromatic nitrogens is 1. The molecule has 106 valence electrons. The third-order valence-corrected chi connectivity index (χ3v) is 3.73. The Morgan fingerprint density at radius 3 is 2.79 bits per heavy atom. The van der Waals surface area contributed by atoms with E-state index in [1.54, 1.807) is 7.11 Å². The number of nitrogens with one attached hydrogen (secondary N) is 1. The van der Waals surface area contributed by atoms with Crippen LogP contribution >= 0.6 is 0 Å². The third kappa shape index (κ3) is 4.48. The van der Waals surface area contributed by atoms with Gasteiger partial charge in [0.15, 0.2) is 0 Å². The van der Waals surface area contributed by atoms with Crippen LogP contribution in [0.25, 0.3) is 0 Å². The van der Waals surface area contributed by atoms with Gasteiger partial charge in [-0.05, 0) is 30.4 Å². The van der Waals surface area contributed by atoms with Crippen molar-refractivity contribution in [3.8, 4) is 0 Å². The molecule has 1 aromatic heterocycles. The molecule has 1 aliphatic rings. The Bertz CT molecular complexity index is 358. The van der Waals surface area contributed by atoms with E-state index in [0.717, 1.165) is 44.5 Å². The van der Waals surface area contributed by atoms with E-state index in [1.807, 2.05) is 6.20 Å². The first-order chi connectivity index (χ1) is 9.29. The number of nitrogens with zero attached hydrogens (tertiary/aromatic N) is 2. The molecule has 2 heterocycles. The van der Waals surface area contributed by atoms with Crippen molar-refractivity contribution < 1.29 is 4.74 Å². The Morgan fingerprint density at radius 2 is 2.16 bits per heavy atom. The molecule has 19 heavy (non-hydrogen) atoms. The van der Waals surface area contributed by atoms with Gasteiger partial charge >= 0.3 is 0 Å². The molecule has 0 spiro atoms. The molecule has 0 aromatic carbocycles. The van der Waals surface area contributed by atoms with Gasteiger partial charge in [0, 0.05) is 39.5 Å². The number of rotatable bonds is 6. The van der Waals surface area contributed by atoms with E-state index < -0.39 is 0 Å². The van der Waals surface area contributed by atoms with Crippen molar-refractivity contribution in [3.63, 3.8) is 0 Å². The van der Waals surface area contributed by atoms with Crippen molar-refractivity contribution >= 4 is 5.82 Å². The number of anilines is 1. The lowest BCUT2D eigenvalue weighted by Gasteiger charge is -2.31. The lowest BCUT2D eigenvalue weighted by molar-refractivity contribution is 0.199. The van der Waals surface area contributed by atoms with Gasteiger partial charge in [-0.15, -0.1) is 0 Å². The van der Waals surface area contributed by atoms with Crippen LogP contribution in [-0.2, 0) is 11.3 Å². The highest BCUT2D eigenvalue weighted by molar-refractivity contribution is 5.39. The van der Waals surface area contributed by atoms with E-state index in [0.29, 0.717) is 0 Å². The van der Waals surface area contributed by atoms with Gasteiger partial charge in [-0.25, -0.2) is 4.98 Å². The first kappa shape index (κ1) is 14.3. The average Bonchev–Trinajstić information content (AvgIpc) is 2.45. The molecule has 4 heteroatoms. The fourth-order valence-corrected chi connectivity index (χ4v) is 2.35. The number of pyridine rings is 1. The van der Waals surface area contributed by atoms with Crippen molar-refractivity contribution in [3.05, 3.63) is 23.9 Å². The Balaban J connectivity index is 1.81. The van der Waals surface area contributed by atoms with Crippen LogP contribution in [0.2, 0.25) is 0 Å². The molecule has 0 amide bonds. The summed E-state index contributed by atoms with van der Waals surface area (Å²) in [7, 11) is 1.72. The number of hydrogen-bond acceptors (Lipinski definition) is 4. The normalized spacial score (nSPS) is 16.8. The molecule has 0 atom stereocenters. The molecule has 0 radical (unpaired) electrons. The highest BCUT2D eigenvalue weighted by atomic mass is 16.5. The Labute approximate surface area is 116 Å². The van der Waals surface area contributed by atoms with Gasteiger partial charge in [0.1, 0.15) is 5.82 Å². The zero-order valence-corrected chi connectivity index (χ0v) is 12.1. The van der Waals surface area contributed by atoms with Gasteiger partial charge in [-0.2, -0.15) is 0 Å². The summed E-state index contributed by atoms with van der Waals surface area (Å²) in [6, 6.07) is 4.31. The summed E-state index contributed by atoms with van der Waals surface area (Å²) in [5, 5.41) is 3.33. The van der Waals surface area contributed by atoms with Crippen LogP contribution in [0.3, 0.4) is 0 Å². The van der Waals surface area contributed by atoms with Crippen molar-refractivity contribution in [2.24, 2.45) is 5.92 Å². The summed E-state index contributed by atoms with van der Waals surface area (Å²) in [6.07, 6.45) is 4.54. The van der Waals surface area contributed by atoms with Gasteiger partial charge in [0.25, 0.3) is 0 Å². The van der Waals surface area contributed by atoms with Crippen LogP contribution in [0, 0.1) is 5.92 Å². The monoisotopic (exact) mass is 263 g/mol. The number of piperidine rings is 1. The summed E-state index contributed by atoms with van der Waals surface area (Å²) >= 11 is 0. The molecule has 1 saturated heterocycles. The molecule has 1 aliphatic heterocycles. The molecule has 1 N–H and O–H groups in total. The Hall–Kier alpha value is -1.13. The Morgan fingerprint density at radius 1 is 1.37 bits per heavy atom. The molecule has 0 unspecified atom stereocenters. The van der Waals surface area contributed by atoms with Gasteiger partial charge in [0.2, 0.25) is 0 Å². The molecular weight excluding hydrogens is 238 g/mol. The molecule has 0 bridgehead atoms. The Kier molecular flexibility index (Phi) is 5.61. The van der Waals surface area contributed by atoms with Crippen LogP contribution in [0.1, 0.15) is 25.3 Å². The first-order valence-corrected chi connectivity index (χ1v) is 7.19. The molecule has 2 rings (SSSR count). The minimum absolute atomic E-state index is 0.747. The van der Waals surface area contributed by atoms with Crippen molar-refractivity contribution in [1.82, 2.24) is 10.3 Å². The summed E-state index contributed by atoms with van der Waals surface area (Å²) in [5.41, 5.74) is 1.23. The standard InChI is InChI=1S/C15H25N3O/c1-13-5-8-18(9-6-13)15-4-3-14(12-17-15)11-16-7-10-19-2/h3-4,12-13,16H,5-11H2,1-2H3. The van der Waals surface area contributed by atoms with Gasteiger partial charge in [-0.1, -0.05) is 13.0 Å². The van der Waals surface area contributed by atoms with Crippen molar-refractivity contribution in [2.45, 2.75) is 26.3 Å². The molecular formula is C15H25N3O. The lowest BCUT2D eigenvalue weighted by atomic mass is 9.99. The van der Waals surface area contributed by atoms with Gasteiger partial charge in [0.05, 0.1) is 6.61 Å². The van der Waals surface area contributed by atoms with Gasteiger partial charge < -0.3 is 15.0 Å². The second-order valence-electron chi connectivity index (χ2n) is 5.36. The SMILES string of the molecule is COCCNCc1ccc(N2CCC(C)CC2)nc1. The first-order valence-electron chi connectivity index (χ1n) is 7.19. The average molecular weight is 263 g/mol. The number of ether oxygens (including phenoxy) is 1. The van der Waals surface area contributed by atoms with Crippen LogP contribution in [-0.4, -0.2) is 38.3 Å². The maximum absolute atomic E-state index is 5.00. The third-order valence-electron chi connectivity index (χ3n) is 3.73. The minimum Gasteiger partial charge on any atom is -0.383 e. The van der Waals surface area contributed by atoms with E-state index in [-0.39, 0.29) is 0 Å². The second-order valence-corrected chi connectivity index (χ2v) is 5.36. The summed E-state index contributed by atoms with van der Waals surface area (Å²) in [4.78, 5) is 6.97. The highest BCUT2D eigenvalue weighted by Gasteiger charge is 2.16. The fraction of sp³-hybridized carbons (Fsp3) is 0.667. The topological polar surface area (TPSA) is 37.4 Å². The summed E-state index contributed by atoms with van der Waals surface area (Å²) < 4.78 is 5.00. The molecule has 1 fully saturated rings. The minimum atomic E-state index is 0.747. The fourth-order valence-electron chi connectivity index (χ4n) is 2.35. The highest BCUT2D eigenvalue weighted by Crippen LogP contribution is 2.21. The maximum atomic E-state index is 5.00. The van der Waals surface area contributed by atoms with Crippen LogP contribution in [0.5, 0.6) is 0 Å². The maximum Gasteiger partial charge on any atom is 0.128 e. The smallest absolute Gasteiger partial charge is 0.128 e. The largest absolute Gasteiger partial charge is 0.383 e. The van der Waals surface area contributed by atoms with Crippen LogP contribution in [0.15, 0.2) is 18.3 Å². The number of methoxy groups -OCH3 is 1. The van der Waals surface area contributed by atoms with E-state index in [1.165, 1.54) is 18.4 Å². The predicted octanol–water partition coefficient (Wildman–Crippen LogP) is 2.05. The quantitative estimate of drug-likeness (QED) is 0.797. The zero-order chi connectivity index (χ0) is 13.5. The molecule has 0 aliphatic carbocycles. The predicted molar refractivity (Wildman–Crippen MR) is 78.4 cm³/mol. The summed E-state index contributed by atoms with van der Waals surface area (Å²) in [5.74, 6) is 1.98. The zero-order valence-electron chi connectivity index (χ0n) is 12.1.